The highest BCUT2D eigenvalue weighted by molar-refractivity contribution is 5.92. The summed E-state index contributed by atoms with van der Waals surface area (Å²) in [5.74, 6) is -0.406. The number of benzene rings is 3. The molecule has 154 valence electrons. The fraction of sp³-hybridized carbons (Fsp3) is 0.182. The van der Waals surface area contributed by atoms with Crippen molar-refractivity contribution >= 4 is 28.3 Å². The highest BCUT2D eigenvalue weighted by Gasteiger charge is 2.16. The van der Waals surface area contributed by atoms with Gasteiger partial charge in [0.25, 0.3) is 11.6 Å². The molecule has 0 spiro atoms. The number of non-ortho nitro benzene ring substituents is 1. The second-order valence-corrected chi connectivity index (χ2v) is 6.68. The van der Waals surface area contributed by atoms with E-state index in [4.69, 9.17) is 9.47 Å². The molecule has 30 heavy (non-hydrogen) atoms. The lowest BCUT2D eigenvalue weighted by molar-refractivity contribution is -0.384. The lowest BCUT2D eigenvalue weighted by Gasteiger charge is -2.17. The molecule has 3 aromatic rings. The van der Waals surface area contributed by atoms with E-state index in [1.807, 2.05) is 36.4 Å². The van der Waals surface area contributed by atoms with E-state index in [0.717, 1.165) is 28.2 Å². The number of likely N-dealkylation sites (N-methyl/N-ethyl adjacent to an activating group) is 1. The zero-order chi connectivity index (χ0) is 21.7. The van der Waals surface area contributed by atoms with Crippen molar-refractivity contribution in [1.29, 1.82) is 0 Å². The molecule has 0 aliphatic carbocycles. The summed E-state index contributed by atoms with van der Waals surface area (Å²) < 4.78 is 10.2. The number of carbonyl (C=O) groups excluding carboxylic acids is 2. The van der Waals surface area contributed by atoms with Crippen LogP contribution >= 0.6 is 0 Å². The molecular formula is C22H20N2O6. The molecule has 0 saturated carbocycles. The van der Waals surface area contributed by atoms with E-state index in [9.17, 15) is 19.7 Å². The Morgan fingerprint density at radius 1 is 1.03 bits per heavy atom. The minimum atomic E-state index is -0.792. The van der Waals surface area contributed by atoms with E-state index in [2.05, 4.69) is 0 Å². The molecule has 0 aliphatic rings. The molecule has 0 bridgehead atoms. The molecule has 0 N–H and O–H groups in total. The molecule has 0 saturated heterocycles. The summed E-state index contributed by atoms with van der Waals surface area (Å²) in [5.41, 5.74) is 0.722. The van der Waals surface area contributed by atoms with Gasteiger partial charge in [-0.2, -0.15) is 0 Å². The molecule has 8 heteroatoms. The van der Waals surface area contributed by atoms with Gasteiger partial charge in [-0.15, -0.1) is 0 Å². The lowest BCUT2D eigenvalue weighted by Crippen LogP contribution is -2.30. The number of hydrogen-bond donors (Lipinski definition) is 0. The third kappa shape index (κ3) is 4.91. The Morgan fingerprint density at radius 2 is 1.77 bits per heavy atom. The molecule has 3 aromatic carbocycles. The molecule has 0 unspecified atom stereocenters. The van der Waals surface area contributed by atoms with Gasteiger partial charge < -0.3 is 14.4 Å². The van der Waals surface area contributed by atoms with Gasteiger partial charge in [0.2, 0.25) is 0 Å². The molecular weight excluding hydrogens is 388 g/mol. The molecule has 0 radical (unpaired) electrons. The Morgan fingerprint density at radius 3 is 2.50 bits per heavy atom. The first-order valence-corrected chi connectivity index (χ1v) is 9.09. The standard InChI is InChI=1S/C22H20N2O6/c1-23(13-15-6-7-17-12-20(29-2)9-8-16(17)10-15)21(25)14-30-22(26)18-4-3-5-19(11-18)24(27)28/h3-12H,13-14H2,1-2H3. The van der Waals surface area contributed by atoms with Crippen LogP contribution in [0.1, 0.15) is 15.9 Å². The number of fused-ring (bicyclic) bond motifs is 1. The minimum Gasteiger partial charge on any atom is -0.497 e. The van der Waals surface area contributed by atoms with Crippen LogP contribution in [0.15, 0.2) is 60.7 Å². The summed E-state index contributed by atoms with van der Waals surface area (Å²) in [6.45, 7) is -0.113. The predicted molar refractivity (Wildman–Crippen MR) is 110 cm³/mol. The number of methoxy groups -OCH3 is 1. The number of hydrogen-bond acceptors (Lipinski definition) is 6. The monoisotopic (exact) mass is 408 g/mol. The number of nitro benzene ring substituents is 1. The predicted octanol–water partition coefficient (Wildman–Crippen LogP) is 3.57. The van der Waals surface area contributed by atoms with Gasteiger partial charge in [0, 0.05) is 25.7 Å². The maximum atomic E-state index is 12.3. The van der Waals surface area contributed by atoms with Crippen LogP contribution < -0.4 is 4.74 Å². The van der Waals surface area contributed by atoms with Crippen LogP contribution in [-0.4, -0.2) is 42.5 Å². The van der Waals surface area contributed by atoms with Crippen LogP contribution in [0.2, 0.25) is 0 Å². The van der Waals surface area contributed by atoms with Crippen molar-refractivity contribution < 1.29 is 24.0 Å². The Hall–Kier alpha value is -3.94. The SMILES string of the molecule is COc1ccc2cc(CN(C)C(=O)COC(=O)c3cccc([N+](=O)[O-])c3)ccc2c1. The number of rotatable bonds is 7. The smallest absolute Gasteiger partial charge is 0.338 e. The molecule has 3 rings (SSSR count). The highest BCUT2D eigenvalue weighted by Crippen LogP contribution is 2.22. The fourth-order valence-electron chi connectivity index (χ4n) is 2.93. The maximum absolute atomic E-state index is 12.3. The normalized spacial score (nSPS) is 10.5. The summed E-state index contributed by atoms with van der Waals surface area (Å²) in [4.78, 5) is 36.1. The first-order valence-electron chi connectivity index (χ1n) is 9.09. The van der Waals surface area contributed by atoms with E-state index in [-0.39, 0.29) is 17.2 Å². The third-order valence-electron chi connectivity index (χ3n) is 4.58. The van der Waals surface area contributed by atoms with Gasteiger partial charge in [-0.3, -0.25) is 14.9 Å². The maximum Gasteiger partial charge on any atom is 0.338 e. The van der Waals surface area contributed by atoms with Crippen molar-refractivity contribution in [2.45, 2.75) is 6.54 Å². The highest BCUT2D eigenvalue weighted by atomic mass is 16.6. The Labute approximate surface area is 172 Å². The van der Waals surface area contributed by atoms with Crippen molar-refractivity contribution in [2.24, 2.45) is 0 Å². The quantitative estimate of drug-likeness (QED) is 0.337. The van der Waals surface area contributed by atoms with E-state index in [1.54, 1.807) is 14.2 Å². The zero-order valence-electron chi connectivity index (χ0n) is 16.5. The lowest BCUT2D eigenvalue weighted by atomic mass is 10.1. The van der Waals surface area contributed by atoms with Crippen LogP contribution in [0.25, 0.3) is 10.8 Å². The van der Waals surface area contributed by atoms with Crippen LogP contribution in [0.4, 0.5) is 5.69 Å². The number of nitrogens with zero attached hydrogens (tertiary/aromatic N) is 2. The summed E-state index contributed by atoms with van der Waals surface area (Å²) in [6.07, 6.45) is 0. The van der Waals surface area contributed by atoms with Crippen molar-refractivity contribution in [3.05, 3.63) is 81.9 Å². The molecule has 1 amide bonds. The molecule has 0 heterocycles. The van der Waals surface area contributed by atoms with Crippen molar-refractivity contribution in [3.8, 4) is 5.75 Å². The number of nitro groups is 1. The number of amides is 1. The molecule has 0 aliphatic heterocycles. The summed E-state index contributed by atoms with van der Waals surface area (Å²) in [5, 5.41) is 12.9. The Kier molecular flexibility index (Phi) is 6.26. The summed E-state index contributed by atoms with van der Waals surface area (Å²) >= 11 is 0. The van der Waals surface area contributed by atoms with Gasteiger partial charge in [-0.05, 0) is 40.6 Å². The largest absolute Gasteiger partial charge is 0.497 e. The summed E-state index contributed by atoms with van der Waals surface area (Å²) in [7, 11) is 3.23. The summed E-state index contributed by atoms with van der Waals surface area (Å²) in [6, 6.07) is 16.8. The van der Waals surface area contributed by atoms with Gasteiger partial charge in [0.1, 0.15) is 5.75 Å². The van der Waals surface area contributed by atoms with Crippen molar-refractivity contribution in [2.75, 3.05) is 20.8 Å². The first-order chi connectivity index (χ1) is 14.4. The number of carbonyl (C=O) groups is 2. The Bertz CT molecular complexity index is 1110. The average Bonchev–Trinajstić information content (AvgIpc) is 2.76. The molecule has 8 nitrogen and oxygen atoms in total. The third-order valence-corrected chi connectivity index (χ3v) is 4.58. The molecule has 0 aromatic heterocycles. The first kappa shape index (κ1) is 20.8. The van der Waals surface area contributed by atoms with E-state index in [0.29, 0.717) is 6.54 Å². The number of esters is 1. The van der Waals surface area contributed by atoms with E-state index >= 15 is 0 Å². The second kappa shape index (κ2) is 9.04. The minimum absolute atomic E-state index is 0.0182. The van der Waals surface area contributed by atoms with Crippen LogP contribution in [0.3, 0.4) is 0 Å². The second-order valence-electron chi connectivity index (χ2n) is 6.68. The fourth-order valence-corrected chi connectivity index (χ4v) is 2.93. The molecule has 0 atom stereocenters. The number of ether oxygens (including phenoxy) is 2. The van der Waals surface area contributed by atoms with Gasteiger partial charge in [0.15, 0.2) is 6.61 Å². The van der Waals surface area contributed by atoms with Crippen molar-refractivity contribution in [1.82, 2.24) is 4.90 Å². The topological polar surface area (TPSA) is 99.0 Å². The van der Waals surface area contributed by atoms with Crippen LogP contribution in [-0.2, 0) is 16.1 Å². The van der Waals surface area contributed by atoms with Gasteiger partial charge in [0.05, 0.1) is 17.6 Å². The molecule has 0 fully saturated rings. The average molecular weight is 408 g/mol. The van der Waals surface area contributed by atoms with E-state index in [1.165, 1.54) is 23.1 Å². The zero-order valence-corrected chi connectivity index (χ0v) is 16.5. The van der Waals surface area contributed by atoms with Gasteiger partial charge in [-0.1, -0.05) is 24.3 Å². The van der Waals surface area contributed by atoms with Gasteiger partial charge in [-0.25, -0.2) is 4.79 Å². The van der Waals surface area contributed by atoms with Crippen molar-refractivity contribution in [3.63, 3.8) is 0 Å². The van der Waals surface area contributed by atoms with E-state index < -0.39 is 17.5 Å². The Balaban J connectivity index is 1.59. The van der Waals surface area contributed by atoms with Crippen LogP contribution in [0, 0.1) is 10.1 Å². The van der Waals surface area contributed by atoms with Gasteiger partial charge >= 0.3 is 5.97 Å². The van der Waals surface area contributed by atoms with Crippen LogP contribution in [0.5, 0.6) is 5.75 Å².